The van der Waals surface area contributed by atoms with E-state index in [0.717, 1.165) is 19.3 Å². The van der Waals surface area contributed by atoms with E-state index in [1.165, 1.54) is 10.4 Å². The molecule has 1 aromatic carbocycles. The Kier molecular flexibility index (Phi) is 5.95. The van der Waals surface area contributed by atoms with Crippen molar-refractivity contribution in [2.45, 2.75) is 37.5 Å². The number of carbonyl (C=O) groups excluding carboxylic acids is 1. The van der Waals surface area contributed by atoms with Gasteiger partial charge >= 0.3 is 5.97 Å². The minimum atomic E-state index is -3.62. The van der Waals surface area contributed by atoms with Crippen LogP contribution < -0.4 is 5.32 Å². The number of amides is 1. The van der Waals surface area contributed by atoms with Gasteiger partial charge in [0, 0.05) is 25.2 Å². The summed E-state index contributed by atoms with van der Waals surface area (Å²) in [6.45, 7) is 2.69. The summed E-state index contributed by atoms with van der Waals surface area (Å²) < 4.78 is 27.1. The predicted molar refractivity (Wildman–Crippen MR) is 88.4 cm³/mol. The fourth-order valence-electron chi connectivity index (χ4n) is 2.65. The Morgan fingerprint density at radius 3 is 2.50 bits per heavy atom. The van der Waals surface area contributed by atoms with Gasteiger partial charge in [-0.25, -0.2) is 8.42 Å². The molecule has 0 unspecified atom stereocenters. The highest BCUT2D eigenvalue weighted by Crippen LogP contribution is 2.24. The number of aliphatic carboxylic acids is 1. The van der Waals surface area contributed by atoms with Gasteiger partial charge in [0.25, 0.3) is 5.91 Å². The lowest BCUT2D eigenvalue weighted by Crippen LogP contribution is -2.36. The SMILES string of the molecule is Cc1ccc(C(=O)NCCC(=O)O)cc1S(=O)(=O)N1CCCCC1. The van der Waals surface area contributed by atoms with Crippen LogP contribution in [0.1, 0.15) is 41.6 Å². The number of nitrogens with zero attached hydrogens (tertiary/aromatic N) is 1. The maximum Gasteiger partial charge on any atom is 0.305 e. The second-order valence-corrected chi connectivity index (χ2v) is 7.75. The van der Waals surface area contributed by atoms with Gasteiger partial charge in [0.1, 0.15) is 0 Å². The van der Waals surface area contributed by atoms with E-state index in [4.69, 9.17) is 5.11 Å². The second kappa shape index (κ2) is 7.76. The van der Waals surface area contributed by atoms with Crippen LogP contribution >= 0.6 is 0 Å². The number of benzene rings is 1. The number of hydrogen-bond donors (Lipinski definition) is 2. The van der Waals surface area contributed by atoms with E-state index >= 15 is 0 Å². The molecule has 0 aromatic heterocycles. The molecule has 1 aliphatic rings. The lowest BCUT2D eigenvalue weighted by atomic mass is 10.1. The summed E-state index contributed by atoms with van der Waals surface area (Å²) in [7, 11) is -3.62. The van der Waals surface area contributed by atoms with Gasteiger partial charge in [0.05, 0.1) is 11.3 Å². The van der Waals surface area contributed by atoms with Crippen molar-refractivity contribution in [1.29, 1.82) is 0 Å². The van der Waals surface area contributed by atoms with E-state index in [1.807, 2.05) is 0 Å². The third kappa shape index (κ3) is 4.33. The summed E-state index contributed by atoms with van der Waals surface area (Å²) in [4.78, 5) is 22.7. The van der Waals surface area contributed by atoms with E-state index in [9.17, 15) is 18.0 Å². The maximum absolute atomic E-state index is 12.8. The summed E-state index contributed by atoms with van der Waals surface area (Å²) in [6, 6.07) is 4.51. The van der Waals surface area contributed by atoms with Crippen LogP contribution in [-0.4, -0.2) is 49.3 Å². The summed E-state index contributed by atoms with van der Waals surface area (Å²) in [5, 5.41) is 11.1. The monoisotopic (exact) mass is 354 g/mol. The van der Waals surface area contributed by atoms with Crippen molar-refractivity contribution in [3.8, 4) is 0 Å². The third-order valence-electron chi connectivity index (χ3n) is 4.01. The first kappa shape index (κ1) is 18.4. The quantitative estimate of drug-likeness (QED) is 0.803. The number of nitrogens with one attached hydrogen (secondary N) is 1. The van der Waals surface area contributed by atoms with Crippen LogP contribution in [0, 0.1) is 6.92 Å². The van der Waals surface area contributed by atoms with Crippen LogP contribution in [0.4, 0.5) is 0 Å². The zero-order valence-corrected chi connectivity index (χ0v) is 14.4. The minimum absolute atomic E-state index is 0.00372. The number of carboxylic acids is 1. The molecule has 24 heavy (non-hydrogen) atoms. The summed E-state index contributed by atoms with van der Waals surface area (Å²) in [6.07, 6.45) is 2.52. The summed E-state index contributed by atoms with van der Waals surface area (Å²) >= 11 is 0. The Hall–Kier alpha value is -1.93. The lowest BCUT2D eigenvalue weighted by Gasteiger charge is -2.26. The maximum atomic E-state index is 12.8. The molecule has 0 radical (unpaired) electrons. The van der Waals surface area contributed by atoms with Gasteiger partial charge < -0.3 is 10.4 Å². The molecule has 132 valence electrons. The Labute approximate surface area is 141 Å². The smallest absolute Gasteiger partial charge is 0.305 e. The van der Waals surface area contributed by atoms with Crippen LogP contribution in [0.25, 0.3) is 0 Å². The Morgan fingerprint density at radius 1 is 1.21 bits per heavy atom. The Bertz CT molecular complexity index is 724. The molecule has 0 bridgehead atoms. The Balaban J connectivity index is 2.21. The largest absolute Gasteiger partial charge is 0.481 e. The topological polar surface area (TPSA) is 104 Å². The van der Waals surface area contributed by atoms with Crippen LogP contribution in [0.5, 0.6) is 0 Å². The highest BCUT2D eigenvalue weighted by Gasteiger charge is 2.28. The van der Waals surface area contributed by atoms with Crippen molar-refractivity contribution in [3.05, 3.63) is 29.3 Å². The molecular formula is C16H22N2O5S. The van der Waals surface area contributed by atoms with Crippen molar-refractivity contribution in [2.24, 2.45) is 0 Å². The van der Waals surface area contributed by atoms with E-state index in [0.29, 0.717) is 18.7 Å². The van der Waals surface area contributed by atoms with Gasteiger partial charge in [0.15, 0.2) is 0 Å². The number of rotatable bonds is 6. The van der Waals surface area contributed by atoms with Gasteiger partial charge in [-0.05, 0) is 37.5 Å². The fourth-order valence-corrected chi connectivity index (χ4v) is 4.42. The normalized spacial score (nSPS) is 15.9. The molecule has 1 aromatic rings. The molecule has 1 aliphatic heterocycles. The number of aryl methyl sites for hydroxylation is 1. The molecule has 7 nitrogen and oxygen atoms in total. The highest BCUT2D eigenvalue weighted by atomic mass is 32.2. The summed E-state index contributed by atoms with van der Waals surface area (Å²) in [5.74, 6) is -1.49. The molecule has 0 saturated carbocycles. The van der Waals surface area contributed by atoms with E-state index in [2.05, 4.69) is 5.32 Å². The fraction of sp³-hybridized carbons (Fsp3) is 0.500. The average molecular weight is 354 g/mol. The van der Waals surface area contributed by atoms with Crippen molar-refractivity contribution in [3.63, 3.8) is 0 Å². The van der Waals surface area contributed by atoms with Crippen LogP contribution in [-0.2, 0) is 14.8 Å². The molecule has 1 saturated heterocycles. The highest BCUT2D eigenvalue weighted by molar-refractivity contribution is 7.89. The van der Waals surface area contributed by atoms with Gasteiger partial charge in [-0.15, -0.1) is 0 Å². The van der Waals surface area contributed by atoms with Crippen molar-refractivity contribution in [1.82, 2.24) is 9.62 Å². The molecule has 1 fully saturated rings. The lowest BCUT2D eigenvalue weighted by molar-refractivity contribution is -0.136. The van der Waals surface area contributed by atoms with E-state index < -0.39 is 21.9 Å². The third-order valence-corrected chi connectivity index (χ3v) is 6.05. The molecule has 2 rings (SSSR count). The van der Waals surface area contributed by atoms with Crippen LogP contribution in [0.15, 0.2) is 23.1 Å². The van der Waals surface area contributed by atoms with E-state index in [1.54, 1.807) is 19.1 Å². The number of carboxylic acid groups (broad SMARTS) is 1. The van der Waals surface area contributed by atoms with Gasteiger partial charge in [-0.1, -0.05) is 12.5 Å². The zero-order valence-electron chi connectivity index (χ0n) is 13.6. The van der Waals surface area contributed by atoms with Crippen LogP contribution in [0.3, 0.4) is 0 Å². The van der Waals surface area contributed by atoms with Crippen LogP contribution in [0.2, 0.25) is 0 Å². The standard InChI is InChI=1S/C16H22N2O5S/c1-12-5-6-13(16(21)17-8-7-15(19)20)11-14(12)24(22,23)18-9-3-2-4-10-18/h5-6,11H,2-4,7-10H2,1H3,(H,17,21)(H,19,20). The van der Waals surface area contributed by atoms with Gasteiger partial charge in [-0.3, -0.25) is 9.59 Å². The van der Waals surface area contributed by atoms with Crippen molar-refractivity contribution >= 4 is 21.9 Å². The minimum Gasteiger partial charge on any atom is -0.481 e. The molecule has 1 heterocycles. The first-order valence-corrected chi connectivity index (χ1v) is 9.37. The first-order valence-electron chi connectivity index (χ1n) is 7.93. The molecule has 8 heteroatoms. The first-order chi connectivity index (χ1) is 11.3. The number of piperidine rings is 1. The summed E-state index contributed by atoms with van der Waals surface area (Å²) in [5.41, 5.74) is 0.796. The number of hydrogen-bond acceptors (Lipinski definition) is 4. The molecular weight excluding hydrogens is 332 g/mol. The second-order valence-electron chi connectivity index (χ2n) is 5.84. The predicted octanol–water partition coefficient (Wildman–Crippen LogP) is 1.37. The van der Waals surface area contributed by atoms with Gasteiger partial charge in [0.2, 0.25) is 10.0 Å². The molecule has 0 spiro atoms. The van der Waals surface area contributed by atoms with Crippen molar-refractivity contribution in [2.75, 3.05) is 19.6 Å². The Morgan fingerprint density at radius 2 is 1.88 bits per heavy atom. The molecule has 1 amide bonds. The zero-order chi connectivity index (χ0) is 17.7. The number of carbonyl (C=O) groups is 2. The molecule has 0 atom stereocenters. The molecule has 0 aliphatic carbocycles. The van der Waals surface area contributed by atoms with E-state index in [-0.39, 0.29) is 23.4 Å². The molecule has 2 N–H and O–H groups in total. The average Bonchev–Trinajstić information content (AvgIpc) is 2.55. The number of sulfonamides is 1. The van der Waals surface area contributed by atoms with Gasteiger partial charge in [-0.2, -0.15) is 4.31 Å². The van der Waals surface area contributed by atoms with Crippen molar-refractivity contribution < 1.29 is 23.1 Å².